The fraction of sp³-hybridized carbons (Fsp3) is 0.0667. The van der Waals surface area contributed by atoms with Crippen LogP contribution in [0.2, 0.25) is 0 Å². The van der Waals surface area contributed by atoms with Crippen molar-refractivity contribution in [3.8, 4) is 16.3 Å². The highest BCUT2D eigenvalue weighted by Gasteiger charge is 2.13. The molecule has 22 heavy (non-hydrogen) atoms. The highest BCUT2D eigenvalue weighted by Crippen LogP contribution is 2.24. The predicted molar refractivity (Wildman–Crippen MR) is 82.7 cm³/mol. The number of ether oxygens (including phenoxy) is 1. The molecule has 0 spiro atoms. The van der Waals surface area contributed by atoms with Crippen LogP contribution in [0.15, 0.2) is 54.9 Å². The molecule has 0 radical (unpaired) electrons. The Hall–Kier alpha value is -2.80. The summed E-state index contributed by atoms with van der Waals surface area (Å²) in [5, 5.41) is 13.7. The summed E-state index contributed by atoms with van der Waals surface area (Å²) in [6, 6.07) is 13.5. The zero-order valence-electron chi connectivity index (χ0n) is 11.5. The van der Waals surface area contributed by atoms with Crippen LogP contribution >= 0.6 is 11.3 Å². The minimum atomic E-state index is 0.321. The van der Waals surface area contributed by atoms with Gasteiger partial charge in [0.1, 0.15) is 17.4 Å². The molecule has 0 aliphatic heterocycles. The van der Waals surface area contributed by atoms with E-state index >= 15 is 0 Å². The predicted octanol–water partition coefficient (Wildman–Crippen LogP) is 2.83. The van der Waals surface area contributed by atoms with Gasteiger partial charge in [0.2, 0.25) is 4.96 Å². The average Bonchev–Trinajstić information content (AvgIpc) is 3.16. The lowest BCUT2D eigenvalue weighted by molar-refractivity contribution is 0.293. The number of nitrogens with zero attached hydrogens (tertiary/aromatic N) is 5. The summed E-state index contributed by atoms with van der Waals surface area (Å²) in [5.74, 6) is 1.47. The van der Waals surface area contributed by atoms with Gasteiger partial charge in [-0.15, -0.1) is 10.2 Å². The third kappa shape index (κ3) is 2.42. The van der Waals surface area contributed by atoms with E-state index in [0.29, 0.717) is 12.4 Å². The Morgan fingerprint density at radius 3 is 2.77 bits per heavy atom. The van der Waals surface area contributed by atoms with Gasteiger partial charge in [0.05, 0.1) is 0 Å². The molecule has 4 aromatic rings. The van der Waals surface area contributed by atoms with E-state index in [4.69, 9.17) is 4.74 Å². The maximum absolute atomic E-state index is 5.70. The molecule has 0 aliphatic rings. The Bertz CT molecular complexity index is 888. The van der Waals surface area contributed by atoms with Gasteiger partial charge in [0.25, 0.3) is 0 Å². The molecule has 1 aromatic carbocycles. The first kappa shape index (κ1) is 12.9. The molecule has 0 aliphatic carbocycles. The van der Waals surface area contributed by atoms with Gasteiger partial charge in [0, 0.05) is 18.0 Å². The van der Waals surface area contributed by atoms with Gasteiger partial charge in [-0.1, -0.05) is 29.5 Å². The van der Waals surface area contributed by atoms with Crippen LogP contribution in [0.1, 0.15) is 5.82 Å². The number of hydrogen-bond acceptors (Lipinski definition) is 6. The smallest absolute Gasteiger partial charge is 0.235 e. The number of para-hydroxylation sites is 1. The summed E-state index contributed by atoms with van der Waals surface area (Å²) >= 11 is 1.48. The number of benzene rings is 1. The SMILES string of the molecule is c1ccc(OCc2nnc3sc(-c4cccnc4)nn23)cc1. The molecular weight excluding hydrogens is 298 g/mol. The van der Waals surface area contributed by atoms with Gasteiger partial charge in [-0.05, 0) is 24.3 Å². The van der Waals surface area contributed by atoms with Crippen molar-refractivity contribution in [2.75, 3.05) is 0 Å². The molecule has 108 valence electrons. The maximum atomic E-state index is 5.70. The fourth-order valence-corrected chi connectivity index (χ4v) is 2.87. The molecule has 7 heteroatoms. The van der Waals surface area contributed by atoms with Crippen LogP contribution in [0.3, 0.4) is 0 Å². The molecule has 0 bridgehead atoms. The lowest BCUT2D eigenvalue weighted by Crippen LogP contribution is -2.02. The maximum Gasteiger partial charge on any atom is 0.235 e. The molecule has 0 atom stereocenters. The molecular formula is C15H11N5OS. The van der Waals surface area contributed by atoms with Crippen LogP contribution in [0.25, 0.3) is 15.5 Å². The van der Waals surface area contributed by atoms with Gasteiger partial charge in [-0.3, -0.25) is 4.98 Å². The summed E-state index contributed by atoms with van der Waals surface area (Å²) in [4.78, 5) is 4.85. The zero-order chi connectivity index (χ0) is 14.8. The summed E-state index contributed by atoms with van der Waals surface area (Å²) in [6.45, 7) is 0.321. The molecule has 0 saturated heterocycles. The summed E-state index contributed by atoms with van der Waals surface area (Å²) in [7, 11) is 0. The van der Waals surface area contributed by atoms with E-state index in [1.165, 1.54) is 11.3 Å². The second kappa shape index (κ2) is 5.53. The van der Waals surface area contributed by atoms with E-state index in [9.17, 15) is 0 Å². The van der Waals surface area contributed by atoms with Crippen LogP contribution < -0.4 is 4.74 Å². The normalized spacial score (nSPS) is 10.9. The van der Waals surface area contributed by atoms with Gasteiger partial charge in [-0.25, -0.2) is 0 Å². The first-order valence-corrected chi connectivity index (χ1v) is 7.51. The molecule has 0 unspecified atom stereocenters. The quantitative estimate of drug-likeness (QED) is 0.580. The van der Waals surface area contributed by atoms with Crippen molar-refractivity contribution in [1.82, 2.24) is 24.8 Å². The average molecular weight is 309 g/mol. The molecule has 4 rings (SSSR count). The molecule has 3 aromatic heterocycles. The Balaban J connectivity index is 1.61. The lowest BCUT2D eigenvalue weighted by Gasteiger charge is -2.02. The lowest BCUT2D eigenvalue weighted by atomic mass is 10.3. The number of aromatic nitrogens is 5. The highest BCUT2D eigenvalue weighted by molar-refractivity contribution is 7.19. The van der Waals surface area contributed by atoms with E-state index in [1.807, 2.05) is 42.5 Å². The molecule has 0 N–H and O–H groups in total. The third-order valence-corrected chi connectivity index (χ3v) is 4.02. The van der Waals surface area contributed by atoms with Crippen molar-refractivity contribution >= 4 is 16.3 Å². The third-order valence-electron chi connectivity index (χ3n) is 3.08. The van der Waals surface area contributed by atoms with Gasteiger partial charge in [0.15, 0.2) is 5.82 Å². The van der Waals surface area contributed by atoms with Crippen LogP contribution in [-0.2, 0) is 6.61 Å². The largest absolute Gasteiger partial charge is 0.486 e. The van der Waals surface area contributed by atoms with Gasteiger partial charge < -0.3 is 4.74 Å². The second-order valence-corrected chi connectivity index (χ2v) is 5.52. The van der Waals surface area contributed by atoms with Crippen molar-refractivity contribution < 1.29 is 4.74 Å². The first-order chi connectivity index (χ1) is 10.9. The summed E-state index contributed by atoms with van der Waals surface area (Å²) < 4.78 is 7.42. The second-order valence-electron chi connectivity index (χ2n) is 4.56. The van der Waals surface area contributed by atoms with Crippen LogP contribution in [0.5, 0.6) is 5.75 Å². The van der Waals surface area contributed by atoms with E-state index in [-0.39, 0.29) is 0 Å². The van der Waals surface area contributed by atoms with Crippen molar-refractivity contribution in [2.24, 2.45) is 0 Å². The Kier molecular flexibility index (Phi) is 3.24. The minimum Gasteiger partial charge on any atom is -0.486 e. The number of rotatable bonds is 4. The fourth-order valence-electron chi connectivity index (χ4n) is 2.02. The Labute approximate surface area is 130 Å². The van der Waals surface area contributed by atoms with Crippen molar-refractivity contribution in [3.05, 3.63) is 60.7 Å². The molecule has 3 heterocycles. The number of hydrogen-bond donors (Lipinski definition) is 0. The van der Waals surface area contributed by atoms with Crippen molar-refractivity contribution in [2.45, 2.75) is 6.61 Å². The topological polar surface area (TPSA) is 65.2 Å². The van der Waals surface area contributed by atoms with Gasteiger partial charge in [-0.2, -0.15) is 9.61 Å². The minimum absolute atomic E-state index is 0.321. The monoisotopic (exact) mass is 309 g/mol. The molecule has 0 amide bonds. The standard InChI is InChI=1S/C15H11N5OS/c1-2-6-12(7-3-1)21-10-13-17-18-15-20(13)19-14(22-15)11-5-4-8-16-9-11/h1-9H,10H2. The Morgan fingerprint density at radius 1 is 1.05 bits per heavy atom. The Morgan fingerprint density at radius 2 is 1.95 bits per heavy atom. The van der Waals surface area contributed by atoms with Gasteiger partial charge >= 0.3 is 0 Å². The highest BCUT2D eigenvalue weighted by atomic mass is 32.1. The van der Waals surface area contributed by atoms with Crippen LogP contribution in [-0.4, -0.2) is 24.8 Å². The van der Waals surface area contributed by atoms with E-state index < -0.39 is 0 Å². The number of fused-ring (bicyclic) bond motifs is 1. The van der Waals surface area contributed by atoms with Crippen molar-refractivity contribution in [3.63, 3.8) is 0 Å². The van der Waals surface area contributed by atoms with Crippen LogP contribution in [0, 0.1) is 0 Å². The molecule has 0 fully saturated rings. The summed E-state index contributed by atoms with van der Waals surface area (Å²) in [6.07, 6.45) is 3.52. The number of pyridine rings is 1. The van der Waals surface area contributed by atoms with Crippen molar-refractivity contribution in [1.29, 1.82) is 0 Å². The van der Waals surface area contributed by atoms with E-state index in [0.717, 1.165) is 21.3 Å². The molecule has 0 saturated carbocycles. The zero-order valence-corrected chi connectivity index (χ0v) is 12.3. The van der Waals surface area contributed by atoms with E-state index in [1.54, 1.807) is 16.9 Å². The molecule has 6 nitrogen and oxygen atoms in total. The van der Waals surface area contributed by atoms with Crippen LogP contribution in [0.4, 0.5) is 0 Å². The summed E-state index contributed by atoms with van der Waals surface area (Å²) in [5.41, 5.74) is 0.966. The first-order valence-electron chi connectivity index (χ1n) is 6.69. The van der Waals surface area contributed by atoms with E-state index in [2.05, 4.69) is 20.3 Å².